The summed E-state index contributed by atoms with van der Waals surface area (Å²) in [7, 11) is 0. The predicted molar refractivity (Wildman–Crippen MR) is 99.8 cm³/mol. The molecule has 0 aliphatic rings. The van der Waals surface area contributed by atoms with Crippen molar-refractivity contribution in [2.45, 2.75) is 20.4 Å². The fourth-order valence-electron chi connectivity index (χ4n) is 3.01. The van der Waals surface area contributed by atoms with Gasteiger partial charge in [-0.3, -0.25) is 4.79 Å². The van der Waals surface area contributed by atoms with Gasteiger partial charge in [-0.2, -0.15) is 0 Å². The quantitative estimate of drug-likeness (QED) is 0.607. The maximum atomic E-state index is 12.5. The monoisotopic (exact) mass is 346 g/mol. The molecule has 1 amide bonds. The third kappa shape index (κ3) is 2.97. The second kappa shape index (κ2) is 6.48. The molecule has 0 spiro atoms. The molecule has 4 rings (SSSR count). The third-order valence-electron chi connectivity index (χ3n) is 4.28. The van der Waals surface area contributed by atoms with Crippen LogP contribution in [0.2, 0.25) is 0 Å². The third-order valence-corrected chi connectivity index (χ3v) is 4.28. The maximum Gasteiger partial charge on any atom is 0.249 e. The normalized spacial score (nSPS) is 11.0. The number of aryl methyl sites for hydroxylation is 2. The summed E-state index contributed by atoms with van der Waals surface area (Å²) >= 11 is 0. The lowest BCUT2D eigenvalue weighted by molar-refractivity contribution is -0.116. The van der Waals surface area contributed by atoms with Crippen molar-refractivity contribution in [3.63, 3.8) is 0 Å². The molecule has 1 N–H and O–H groups in total. The van der Waals surface area contributed by atoms with Gasteiger partial charge in [0, 0.05) is 29.7 Å². The molecule has 0 bridgehead atoms. The summed E-state index contributed by atoms with van der Waals surface area (Å²) < 4.78 is 7.47. The summed E-state index contributed by atoms with van der Waals surface area (Å²) in [6.07, 6.45) is 1.88. The van der Waals surface area contributed by atoms with E-state index in [1.807, 2.05) is 66.2 Å². The van der Waals surface area contributed by atoms with Crippen molar-refractivity contribution in [2.75, 3.05) is 5.32 Å². The van der Waals surface area contributed by atoms with Crippen molar-refractivity contribution < 1.29 is 9.21 Å². The largest absolute Gasteiger partial charge is 0.421 e. The van der Waals surface area contributed by atoms with E-state index < -0.39 is 0 Å². The standard InChI is InChI=1S/C20H18N4O2/c1-13-7-3-5-9-17(13)21-19(25)12-24-11-16(20-23-22-14(2)26-20)15-8-4-6-10-18(15)24/h3-11H,12H2,1-2H3,(H,21,25). The highest BCUT2D eigenvalue weighted by atomic mass is 16.4. The highest BCUT2D eigenvalue weighted by molar-refractivity contribution is 5.96. The van der Waals surface area contributed by atoms with Gasteiger partial charge in [0.05, 0.1) is 5.56 Å². The van der Waals surface area contributed by atoms with Crippen molar-refractivity contribution >= 4 is 22.5 Å². The Morgan fingerprint density at radius 2 is 1.85 bits per heavy atom. The molecule has 0 saturated carbocycles. The molecule has 6 heteroatoms. The molecule has 0 aliphatic carbocycles. The van der Waals surface area contributed by atoms with E-state index in [1.165, 1.54) is 0 Å². The number of nitrogens with one attached hydrogen (secondary N) is 1. The maximum absolute atomic E-state index is 12.5. The van der Waals surface area contributed by atoms with Gasteiger partial charge >= 0.3 is 0 Å². The number of carbonyl (C=O) groups is 1. The molecule has 0 saturated heterocycles. The molecule has 2 aromatic heterocycles. The lowest BCUT2D eigenvalue weighted by Gasteiger charge is -2.09. The number of amides is 1. The molecule has 4 aromatic rings. The van der Waals surface area contributed by atoms with E-state index in [-0.39, 0.29) is 12.5 Å². The van der Waals surface area contributed by atoms with Gasteiger partial charge in [-0.05, 0) is 24.6 Å². The van der Waals surface area contributed by atoms with E-state index in [1.54, 1.807) is 6.92 Å². The number of nitrogens with zero attached hydrogens (tertiary/aromatic N) is 3. The van der Waals surface area contributed by atoms with E-state index in [9.17, 15) is 4.79 Å². The Morgan fingerprint density at radius 1 is 1.08 bits per heavy atom. The number of rotatable bonds is 4. The van der Waals surface area contributed by atoms with Crippen molar-refractivity contribution in [2.24, 2.45) is 0 Å². The number of hydrogen-bond acceptors (Lipinski definition) is 4. The topological polar surface area (TPSA) is 73.0 Å². The second-order valence-electron chi connectivity index (χ2n) is 6.18. The van der Waals surface area contributed by atoms with Crippen LogP contribution in [0.3, 0.4) is 0 Å². The summed E-state index contributed by atoms with van der Waals surface area (Å²) in [6.45, 7) is 3.92. The summed E-state index contributed by atoms with van der Waals surface area (Å²) in [5.74, 6) is 0.874. The Morgan fingerprint density at radius 3 is 2.62 bits per heavy atom. The Bertz CT molecular complexity index is 1090. The molecule has 2 heterocycles. The first-order chi connectivity index (χ1) is 12.6. The lowest BCUT2D eigenvalue weighted by atomic mass is 10.2. The SMILES string of the molecule is Cc1nnc(-c2cn(CC(=O)Nc3ccccc3C)c3ccccc23)o1. The van der Waals surface area contributed by atoms with Gasteiger partial charge < -0.3 is 14.3 Å². The van der Waals surface area contributed by atoms with Crippen molar-refractivity contribution in [1.29, 1.82) is 0 Å². The Hall–Kier alpha value is -3.41. The highest BCUT2D eigenvalue weighted by Gasteiger charge is 2.16. The minimum Gasteiger partial charge on any atom is -0.421 e. The van der Waals surface area contributed by atoms with E-state index >= 15 is 0 Å². The van der Waals surface area contributed by atoms with Gasteiger partial charge in [-0.1, -0.05) is 36.4 Å². The van der Waals surface area contributed by atoms with Crippen LogP contribution in [0, 0.1) is 13.8 Å². The van der Waals surface area contributed by atoms with E-state index in [4.69, 9.17) is 4.42 Å². The first-order valence-corrected chi connectivity index (χ1v) is 8.35. The molecule has 6 nitrogen and oxygen atoms in total. The van der Waals surface area contributed by atoms with Crippen LogP contribution in [0.25, 0.3) is 22.4 Å². The zero-order chi connectivity index (χ0) is 18.1. The van der Waals surface area contributed by atoms with Crippen LogP contribution in [0.5, 0.6) is 0 Å². The average molecular weight is 346 g/mol. The predicted octanol–water partition coefficient (Wildman–Crippen LogP) is 3.95. The molecule has 2 aromatic carbocycles. The van der Waals surface area contributed by atoms with Gasteiger partial charge in [0.1, 0.15) is 6.54 Å². The van der Waals surface area contributed by atoms with E-state index in [0.29, 0.717) is 11.8 Å². The van der Waals surface area contributed by atoms with Crippen LogP contribution in [0.4, 0.5) is 5.69 Å². The fraction of sp³-hybridized carbons (Fsp3) is 0.150. The van der Waals surface area contributed by atoms with Crippen LogP contribution in [0.1, 0.15) is 11.5 Å². The van der Waals surface area contributed by atoms with Gasteiger partial charge in [0.15, 0.2) is 0 Å². The van der Waals surface area contributed by atoms with Crippen LogP contribution in [-0.2, 0) is 11.3 Å². The van der Waals surface area contributed by atoms with Gasteiger partial charge in [0.25, 0.3) is 0 Å². The Balaban J connectivity index is 1.66. The van der Waals surface area contributed by atoms with E-state index in [0.717, 1.165) is 27.7 Å². The second-order valence-corrected chi connectivity index (χ2v) is 6.18. The van der Waals surface area contributed by atoms with E-state index in [2.05, 4.69) is 15.5 Å². The number of benzene rings is 2. The zero-order valence-electron chi connectivity index (χ0n) is 14.6. The van der Waals surface area contributed by atoms with Crippen LogP contribution >= 0.6 is 0 Å². The molecule has 0 radical (unpaired) electrons. The first-order valence-electron chi connectivity index (χ1n) is 8.35. The number of fused-ring (bicyclic) bond motifs is 1. The Kier molecular flexibility index (Phi) is 4.01. The zero-order valence-corrected chi connectivity index (χ0v) is 14.6. The lowest BCUT2D eigenvalue weighted by Crippen LogP contribution is -2.18. The summed E-state index contributed by atoms with van der Waals surface area (Å²) in [6, 6.07) is 15.6. The molecule has 130 valence electrons. The van der Waals surface area contributed by atoms with Crippen LogP contribution in [-0.4, -0.2) is 20.7 Å². The number of carbonyl (C=O) groups excluding carboxylic acids is 1. The molecule has 0 aliphatic heterocycles. The highest BCUT2D eigenvalue weighted by Crippen LogP contribution is 2.29. The minimum absolute atomic E-state index is 0.0895. The number of para-hydroxylation sites is 2. The smallest absolute Gasteiger partial charge is 0.249 e. The molecular formula is C20H18N4O2. The number of aromatic nitrogens is 3. The first kappa shape index (κ1) is 16.1. The summed E-state index contributed by atoms with van der Waals surface area (Å²) in [5, 5.41) is 11.9. The average Bonchev–Trinajstić information content (AvgIpc) is 3.21. The molecule has 26 heavy (non-hydrogen) atoms. The van der Waals surface area contributed by atoms with Crippen LogP contribution < -0.4 is 5.32 Å². The van der Waals surface area contributed by atoms with Gasteiger partial charge in [0.2, 0.25) is 17.7 Å². The minimum atomic E-state index is -0.0895. The molecular weight excluding hydrogens is 328 g/mol. The number of hydrogen-bond donors (Lipinski definition) is 1. The molecule has 0 atom stereocenters. The summed E-state index contributed by atoms with van der Waals surface area (Å²) in [5.41, 5.74) is 3.62. The molecule has 0 fully saturated rings. The number of anilines is 1. The van der Waals surface area contributed by atoms with Crippen molar-refractivity contribution in [1.82, 2.24) is 14.8 Å². The fourth-order valence-corrected chi connectivity index (χ4v) is 3.01. The van der Waals surface area contributed by atoms with Crippen molar-refractivity contribution in [3.05, 3.63) is 66.2 Å². The Labute approximate surface area is 150 Å². The van der Waals surface area contributed by atoms with Gasteiger partial charge in [-0.25, -0.2) is 0 Å². The van der Waals surface area contributed by atoms with Gasteiger partial charge in [-0.15, -0.1) is 10.2 Å². The summed E-state index contributed by atoms with van der Waals surface area (Å²) in [4.78, 5) is 12.5. The molecule has 0 unspecified atom stereocenters. The van der Waals surface area contributed by atoms with Crippen LogP contribution in [0.15, 0.2) is 59.1 Å². The van der Waals surface area contributed by atoms with Crippen molar-refractivity contribution in [3.8, 4) is 11.5 Å².